The molecule has 0 unspecified atom stereocenters. The summed E-state index contributed by atoms with van der Waals surface area (Å²) in [6.07, 6.45) is 0. The van der Waals surface area contributed by atoms with Crippen LogP contribution in [0.4, 0.5) is 5.82 Å². The summed E-state index contributed by atoms with van der Waals surface area (Å²) in [6.45, 7) is 0.898. The van der Waals surface area contributed by atoms with Crippen molar-refractivity contribution < 1.29 is 9.53 Å². The highest BCUT2D eigenvalue weighted by atomic mass is 35.5. The number of hydrogen-bond donors (Lipinski definition) is 3. The number of carbonyl (C=O) groups excluding carboxylic acids is 1. The maximum atomic E-state index is 12.0. The zero-order chi connectivity index (χ0) is 13.1. The second-order valence-corrected chi connectivity index (χ2v) is 4.29. The maximum absolute atomic E-state index is 12.0. The van der Waals surface area contributed by atoms with Crippen LogP contribution in [0.1, 0.15) is 10.4 Å². The number of H-pyrrole nitrogens is 1. The number of nitrogen functional groups attached to an aromatic ring is 1. The molecule has 0 aliphatic heterocycles. The van der Waals surface area contributed by atoms with E-state index in [1.807, 2.05) is 0 Å². The molecular formula is C12H14ClN3O2. The lowest BCUT2D eigenvalue weighted by Crippen LogP contribution is -2.27. The first kappa shape index (κ1) is 12.7. The number of carbonyl (C=O) groups is 1. The molecule has 5 nitrogen and oxygen atoms in total. The van der Waals surface area contributed by atoms with Gasteiger partial charge in [-0.25, -0.2) is 0 Å². The molecule has 2 rings (SSSR count). The molecule has 2 aromatic rings. The number of nitrogens with one attached hydrogen (secondary N) is 2. The number of rotatable bonds is 4. The maximum Gasteiger partial charge on any atom is 0.255 e. The molecule has 0 spiro atoms. The van der Waals surface area contributed by atoms with Gasteiger partial charge in [0.25, 0.3) is 5.91 Å². The number of nitrogens with two attached hydrogens (primary N) is 1. The normalized spacial score (nSPS) is 10.8. The SMILES string of the molecule is COCCNC(=O)c1c(N)[nH]c2cc(Cl)ccc12. The lowest BCUT2D eigenvalue weighted by atomic mass is 10.1. The second-order valence-electron chi connectivity index (χ2n) is 3.85. The van der Waals surface area contributed by atoms with Gasteiger partial charge in [0, 0.05) is 29.6 Å². The Morgan fingerprint density at radius 1 is 1.56 bits per heavy atom. The summed E-state index contributed by atoms with van der Waals surface area (Å²) in [5, 5.41) is 4.09. The molecular weight excluding hydrogens is 254 g/mol. The minimum atomic E-state index is -0.224. The zero-order valence-electron chi connectivity index (χ0n) is 9.92. The van der Waals surface area contributed by atoms with Gasteiger partial charge >= 0.3 is 0 Å². The van der Waals surface area contributed by atoms with Crippen LogP contribution in [-0.2, 0) is 4.74 Å². The Bertz CT molecular complexity index is 580. The third kappa shape index (κ3) is 2.42. The Morgan fingerprint density at radius 2 is 2.33 bits per heavy atom. The van der Waals surface area contributed by atoms with Gasteiger partial charge in [0.15, 0.2) is 0 Å². The Balaban J connectivity index is 2.32. The van der Waals surface area contributed by atoms with Gasteiger partial charge in [-0.2, -0.15) is 0 Å². The predicted octanol–water partition coefficient (Wildman–Crippen LogP) is 1.78. The Labute approximate surface area is 109 Å². The molecule has 18 heavy (non-hydrogen) atoms. The molecule has 0 aliphatic carbocycles. The number of amides is 1. The van der Waals surface area contributed by atoms with E-state index >= 15 is 0 Å². The van der Waals surface area contributed by atoms with Crippen molar-refractivity contribution in [3.8, 4) is 0 Å². The van der Waals surface area contributed by atoms with Crippen molar-refractivity contribution in [3.63, 3.8) is 0 Å². The van der Waals surface area contributed by atoms with Crippen molar-refractivity contribution in [1.29, 1.82) is 0 Å². The summed E-state index contributed by atoms with van der Waals surface area (Å²) in [7, 11) is 1.58. The van der Waals surface area contributed by atoms with E-state index in [0.717, 1.165) is 10.9 Å². The molecule has 0 aliphatic rings. The first-order valence-corrected chi connectivity index (χ1v) is 5.85. The molecule has 1 aromatic heterocycles. The van der Waals surface area contributed by atoms with Crippen molar-refractivity contribution in [2.24, 2.45) is 0 Å². The molecule has 0 saturated carbocycles. The van der Waals surface area contributed by atoms with Crippen LogP contribution in [0.5, 0.6) is 0 Å². The Morgan fingerprint density at radius 3 is 3.06 bits per heavy atom. The minimum absolute atomic E-state index is 0.224. The number of ether oxygens (including phenoxy) is 1. The number of methoxy groups -OCH3 is 1. The predicted molar refractivity (Wildman–Crippen MR) is 71.9 cm³/mol. The van der Waals surface area contributed by atoms with E-state index < -0.39 is 0 Å². The van der Waals surface area contributed by atoms with Crippen LogP contribution in [0, 0.1) is 0 Å². The molecule has 1 amide bonds. The number of benzene rings is 1. The van der Waals surface area contributed by atoms with Crippen molar-refractivity contribution >= 4 is 34.2 Å². The van der Waals surface area contributed by atoms with E-state index in [1.54, 1.807) is 25.3 Å². The molecule has 0 bridgehead atoms. The standard InChI is InChI=1S/C12H14ClN3O2/c1-18-5-4-15-12(17)10-8-3-2-7(13)6-9(8)16-11(10)14/h2-3,6,16H,4-5,14H2,1H3,(H,15,17). The largest absolute Gasteiger partial charge is 0.385 e. The number of aromatic nitrogens is 1. The fourth-order valence-electron chi connectivity index (χ4n) is 1.79. The molecule has 6 heteroatoms. The average molecular weight is 268 g/mol. The van der Waals surface area contributed by atoms with Crippen LogP contribution in [0.2, 0.25) is 5.02 Å². The van der Waals surface area contributed by atoms with Crippen LogP contribution < -0.4 is 11.1 Å². The molecule has 0 radical (unpaired) electrons. The first-order chi connectivity index (χ1) is 8.63. The number of aromatic amines is 1. The van der Waals surface area contributed by atoms with Gasteiger partial charge < -0.3 is 20.8 Å². The summed E-state index contributed by atoms with van der Waals surface area (Å²) in [4.78, 5) is 14.9. The molecule has 0 fully saturated rings. The van der Waals surface area contributed by atoms with Gasteiger partial charge in [-0.15, -0.1) is 0 Å². The third-order valence-electron chi connectivity index (χ3n) is 2.61. The lowest BCUT2D eigenvalue weighted by Gasteiger charge is -2.04. The van der Waals surface area contributed by atoms with Gasteiger partial charge in [0.05, 0.1) is 12.2 Å². The molecule has 0 saturated heterocycles. The number of halogens is 1. The quantitative estimate of drug-likeness (QED) is 0.739. The van der Waals surface area contributed by atoms with E-state index in [9.17, 15) is 4.79 Å². The number of hydrogen-bond acceptors (Lipinski definition) is 3. The zero-order valence-corrected chi connectivity index (χ0v) is 10.7. The topological polar surface area (TPSA) is 80.1 Å². The van der Waals surface area contributed by atoms with E-state index in [-0.39, 0.29) is 5.91 Å². The van der Waals surface area contributed by atoms with E-state index in [4.69, 9.17) is 22.1 Å². The average Bonchev–Trinajstić information content (AvgIpc) is 2.64. The van der Waals surface area contributed by atoms with E-state index in [0.29, 0.717) is 29.6 Å². The van der Waals surface area contributed by atoms with E-state index in [2.05, 4.69) is 10.3 Å². The molecule has 0 atom stereocenters. The van der Waals surface area contributed by atoms with Gasteiger partial charge in [-0.3, -0.25) is 4.79 Å². The number of fused-ring (bicyclic) bond motifs is 1. The van der Waals surface area contributed by atoms with Gasteiger partial charge in [0.2, 0.25) is 0 Å². The van der Waals surface area contributed by atoms with Crippen molar-refractivity contribution in [2.45, 2.75) is 0 Å². The third-order valence-corrected chi connectivity index (χ3v) is 2.84. The molecule has 1 heterocycles. The highest BCUT2D eigenvalue weighted by molar-refractivity contribution is 6.31. The smallest absolute Gasteiger partial charge is 0.255 e. The molecule has 96 valence electrons. The monoisotopic (exact) mass is 267 g/mol. The number of anilines is 1. The summed E-state index contributed by atoms with van der Waals surface area (Å²) in [5.41, 5.74) is 7.01. The summed E-state index contributed by atoms with van der Waals surface area (Å²) < 4.78 is 4.87. The van der Waals surface area contributed by atoms with Crippen LogP contribution in [0.25, 0.3) is 10.9 Å². The van der Waals surface area contributed by atoms with Crippen LogP contribution >= 0.6 is 11.6 Å². The highest BCUT2D eigenvalue weighted by Gasteiger charge is 2.16. The highest BCUT2D eigenvalue weighted by Crippen LogP contribution is 2.26. The second kappa shape index (κ2) is 5.29. The summed E-state index contributed by atoms with van der Waals surface area (Å²) >= 11 is 5.88. The summed E-state index contributed by atoms with van der Waals surface area (Å²) in [6, 6.07) is 5.23. The Kier molecular flexibility index (Phi) is 3.74. The van der Waals surface area contributed by atoms with Crippen molar-refractivity contribution in [1.82, 2.24) is 10.3 Å². The summed E-state index contributed by atoms with van der Waals surface area (Å²) in [5.74, 6) is 0.111. The van der Waals surface area contributed by atoms with Crippen molar-refractivity contribution in [2.75, 3.05) is 26.0 Å². The van der Waals surface area contributed by atoms with Crippen molar-refractivity contribution in [3.05, 3.63) is 28.8 Å². The fourth-order valence-corrected chi connectivity index (χ4v) is 1.96. The molecule has 1 aromatic carbocycles. The van der Waals surface area contributed by atoms with Gasteiger partial charge in [-0.05, 0) is 12.1 Å². The van der Waals surface area contributed by atoms with Gasteiger partial charge in [0.1, 0.15) is 5.82 Å². The van der Waals surface area contributed by atoms with Crippen LogP contribution in [0.3, 0.4) is 0 Å². The van der Waals surface area contributed by atoms with E-state index in [1.165, 1.54) is 0 Å². The lowest BCUT2D eigenvalue weighted by molar-refractivity contribution is 0.0939. The molecule has 4 N–H and O–H groups in total. The van der Waals surface area contributed by atoms with Crippen LogP contribution in [-0.4, -0.2) is 31.2 Å². The Hall–Kier alpha value is -1.72. The minimum Gasteiger partial charge on any atom is -0.385 e. The first-order valence-electron chi connectivity index (χ1n) is 5.47. The van der Waals surface area contributed by atoms with Gasteiger partial charge in [-0.1, -0.05) is 17.7 Å². The fraction of sp³-hybridized carbons (Fsp3) is 0.250. The van der Waals surface area contributed by atoms with Crippen LogP contribution in [0.15, 0.2) is 18.2 Å².